The van der Waals surface area contributed by atoms with Crippen LogP contribution in [0.2, 0.25) is 0 Å². The number of hydrogen-bond acceptors (Lipinski definition) is 3. The Hall–Kier alpha value is -0.800. The van der Waals surface area contributed by atoms with Crippen molar-refractivity contribution >= 4 is 0 Å². The van der Waals surface area contributed by atoms with Gasteiger partial charge < -0.3 is 14.2 Å². The molecule has 0 amide bonds. The molecule has 0 aromatic heterocycles. The van der Waals surface area contributed by atoms with E-state index in [-0.39, 0.29) is 10.8 Å². The van der Waals surface area contributed by atoms with Gasteiger partial charge in [-0.25, -0.2) is 0 Å². The molecule has 0 aliphatic carbocycles. The molecule has 0 spiro atoms. The highest BCUT2D eigenvalue weighted by atomic mass is 16.5. The lowest BCUT2D eigenvalue weighted by molar-refractivity contribution is -0.136. The van der Waals surface area contributed by atoms with E-state index in [2.05, 4.69) is 27.0 Å². The summed E-state index contributed by atoms with van der Waals surface area (Å²) in [6.07, 6.45) is 1.99. The summed E-state index contributed by atoms with van der Waals surface area (Å²) in [4.78, 5) is 0. The van der Waals surface area contributed by atoms with Gasteiger partial charge in [0.15, 0.2) is 0 Å². The van der Waals surface area contributed by atoms with Gasteiger partial charge in [0.05, 0.1) is 37.3 Å². The predicted molar refractivity (Wildman–Crippen MR) is 66.5 cm³/mol. The Morgan fingerprint density at radius 2 is 1.29 bits per heavy atom. The first kappa shape index (κ1) is 12.7. The van der Waals surface area contributed by atoms with E-state index in [1.54, 1.807) is 0 Å². The molecule has 3 nitrogen and oxygen atoms in total. The van der Waals surface area contributed by atoms with Crippen LogP contribution < -0.4 is 0 Å². The number of rotatable bonds is 6. The summed E-state index contributed by atoms with van der Waals surface area (Å²) in [6, 6.07) is 0. The summed E-state index contributed by atoms with van der Waals surface area (Å²) < 4.78 is 16.5. The minimum Gasteiger partial charge on any atom is -0.466 e. The van der Waals surface area contributed by atoms with Crippen LogP contribution in [0.5, 0.6) is 0 Å². The summed E-state index contributed by atoms with van der Waals surface area (Å²) in [5.41, 5.74) is 0.00491. The van der Waals surface area contributed by atoms with Crippen molar-refractivity contribution in [3.63, 3.8) is 0 Å². The Bertz CT molecular complexity index is 281. The van der Waals surface area contributed by atoms with Gasteiger partial charge in [0.1, 0.15) is 11.5 Å². The van der Waals surface area contributed by atoms with E-state index in [1.165, 1.54) is 0 Å². The van der Waals surface area contributed by atoms with E-state index in [9.17, 15) is 0 Å². The van der Waals surface area contributed by atoms with E-state index in [1.807, 2.05) is 0 Å². The van der Waals surface area contributed by atoms with Crippen LogP contribution in [0.1, 0.15) is 26.7 Å². The van der Waals surface area contributed by atoms with Crippen molar-refractivity contribution in [1.29, 1.82) is 0 Å². The molecule has 2 fully saturated rings. The Balaban J connectivity index is 1.97. The maximum atomic E-state index is 5.90. The third-order valence-electron chi connectivity index (χ3n) is 4.30. The first-order chi connectivity index (χ1) is 8.08. The fourth-order valence-corrected chi connectivity index (χ4v) is 2.19. The fourth-order valence-electron chi connectivity index (χ4n) is 2.19. The van der Waals surface area contributed by atoms with E-state index in [0.29, 0.717) is 26.4 Å². The summed E-state index contributed by atoms with van der Waals surface area (Å²) in [5.74, 6) is 1.60. The zero-order valence-electron chi connectivity index (χ0n) is 10.9. The Kier molecular flexibility index (Phi) is 3.32. The molecule has 0 N–H and O–H groups in total. The molecule has 0 atom stereocenters. The van der Waals surface area contributed by atoms with Crippen molar-refractivity contribution in [2.45, 2.75) is 26.7 Å². The predicted octanol–water partition coefficient (Wildman–Crippen LogP) is 2.88. The lowest BCUT2D eigenvalue weighted by atomic mass is 9.79. The van der Waals surface area contributed by atoms with Crippen molar-refractivity contribution in [3.05, 3.63) is 24.7 Å². The third kappa shape index (κ3) is 1.91. The molecule has 0 unspecified atom stereocenters. The average Bonchev–Trinajstić information content (AvgIpc) is 2.15. The SMILES string of the molecule is C=C(OC(=C)C1(CC)COC1)C1(CC)COC1. The molecule has 0 bridgehead atoms. The Morgan fingerprint density at radius 1 is 0.941 bits per heavy atom. The molecule has 3 heteroatoms. The molecule has 96 valence electrons. The van der Waals surface area contributed by atoms with Crippen LogP contribution in [0.4, 0.5) is 0 Å². The Labute approximate surface area is 103 Å². The molecule has 2 rings (SSSR count). The van der Waals surface area contributed by atoms with Crippen LogP contribution in [0.15, 0.2) is 24.7 Å². The van der Waals surface area contributed by atoms with Gasteiger partial charge in [-0.1, -0.05) is 27.0 Å². The molecule has 0 saturated carbocycles. The lowest BCUT2D eigenvalue weighted by Crippen LogP contribution is -2.47. The molecule has 0 radical (unpaired) electrons. The van der Waals surface area contributed by atoms with E-state index >= 15 is 0 Å². The maximum Gasteiger partial charge on any atom is 0.107 e. The largest absolute Gasteiger partial charge is 0.466 e. The fraction of sp³-hybridized carbons (Fsp3) is 0.714. The van der Waals surface area contributed by atoms with Crippen molar-refractivity contribution in [1.82, 2.24) is 0 Å². The van der Waals surface area contributed by atoms with E-state index in [0.717, 1.165) is 24.4 Å². The molecular weight excluding hydrogens is 216 g/mol. The lowest BCUT2D eigenvalue weighted by Gasteiger charge is -2.45. The van der Waals surface area contributed by atoms with Gasteiger partial charge in [0.25, 0.3) is 0 Å². The third-order valence-corrected chi connectivity index (χ3v) is 4.30. The second-order valence-corrected chi connectivity index (χ2v) is 5.20. The van der Waals surface area contributed by atoms with Crippen LogP contribution in [0, 0.1) is 10.8 Å². The van der Waals surface area contributed by atoms with Crippen LogP contribution in [-0.2, 0) is 14.2 Å². The smallest absolute Gasteiger partial charge is 0.107 e. The highest BCUT2D eigenvalue weighted by Crippen LogP contribution is 2.44. The quantitative estimate of drug-likeness (QED) is 0.666. The second kappa shape index (κ2) is 4.46. The first-order valence-corrected chi connectivity index (χ1v) is 6.31. The minimum atomic E-state index is 0.00246. The second-order valence-electron chi connectivity index (χ2n) is 5.20. The average molecular weight is 238 g/mol. The molecule has 0 aromatic carbocycles. The van der Waals surface area contributed by atoms with Crippen molar-refractivity contribution < 1.29 is 14.2 Å². The highest BCUT2D eigenvalue weighted by Gasteiger charge is 2.45. The summed E-state index contributed by atoms with van der Waals surface area (Å²) in [5, 5.41) is 0. The molecule has 2 saturated heterocycles. The van der Waals surface area contributed by atoms with Crippen molar-refractivity contribution in [3.8, 4) is 0 Å². The molecule has 17 heavy (non-hydrogen) atoms. The zero-order chi connectivity index (χ0) is 12.5. The topological polar surface area (TPSA) is 27.7 Å². The van der Waals surface area contributed by atoms with Crippen LogP contribution >= 0.6 is 0 Å². The number of ether oxygens (including phenoxy) is 3. The van der Waals surface area contributed by atoms with Crippen LogP contribution in [-0.4, -0.2) is 26.4 Å². The molecule has 2 aliphatic heterocycles. The van der Waals surface area contributed by atoms with Gasteiger partial charge in [-0.2, -0.15) is 0 Å². The van der Waals surface area contributed by atoms with Gasteiger partial charge >= 0.3 is 0 Å². The highest BCUT2D eigenvalue weighted by molar-refractivity contribution is 5.15. The summed E-state index contributed by atoms with van der Waals surface area (Å²) in [7, 11) is 0. The Morgan fingerprint density at radius 3 is 1.47 bits per heavy atom. The molecule has 2 aliphatic rings. The van der Waals surface area contributed by atoms with Gasteiger partial charge in [-0.15, -0.1) is 0 Å². The van der Waals surface area contributed by atoms with E-state index in [4.69, 9.17) is 14.2 Å². The summed E-state index contributed by atoms with van der Waals surface area (Å²) >= 11 is 0. The molecular formula is C14H22O3. The minimum absolute atomic E-state index is 0.00246. The normalized spacial score (nSPS) is 24.4. The van der Waals surface area contributed by atoms with Gasteiger partial charge in [0.2, 0.25) is 0 Å². The summed E-state index contributed by atoms with van der Waals surface area (Å²) in [6.45, 7) is 15.3. The monoisotopic (exact) mass is 238 g/mol. The van der Waals surface area contributed by atoms with Gasteiger partial charge in [0, 0.05) is 0 Å². The molecule has 0 aromatic rings. The van der Waals surface area contributed by atoms with E-state index < -0.39 is 0 Å². The number of hydrogen-bond donors (Lipinski definition) is 0. The van der Waals surface area contributed by atoms with Crippen molar-refractivity contribution in [2.75, 3.05) is 26.4 Å². The maximum absolute atomic E-state index is 5.90. The van der Waals surface area contributed by atoms with Crippen molar-refractivity contribution in [2.24, 2.45) is 10.8 Å². The first-order valence-electron chi connectivity index (χ1n) is 6.31. The van der Waals surface area contributed by atoms with Crippen LogP contribution in [0.25, 0.3) is 0 Å². The van der Waals surface area contributed by atoms with Gasteiger partial charge in [-0.05, 0) is 12.8 Å². The van der Waals surface area contributed by atoms with Gasteiger partial charge in [-0.3, -0.25) is 0 Å². The zero-order valence-corrected chi connectivity index (χ0v) is 10.9. The van der Waals surface area contributed by atoms with Crippen LogP contribution in [0.3, 0.4) is 0 Å². The molecule has 2 heterocycles. The standard InChI is InChI=1S/C14H22O3/c1-5-13(7-15-8-13)11(3)17-12(4)14(6-2)9-16-10-14/h3-10H2,1-2H3.